The Balaban J connectivity index is 1.82. The Kier molecular flexibility index (Phi) is 3.25. The van der Waals surface area contributed by atoms with Gasteiger partial charge in [0.2, 0.25) is 0 Å². The van der Waals surface area contributed by atoms with Crippen LogP contribution in [0.1, 0.15) is 32.7 Å². The van der Waals surface area contributed by atoms with E-state index >= 15 is 0 Å². The van der Waals surface area contributed by atoms with Crippen molar-refractivity contribution in [3.8, 4) is 11.1 Å². The quantitative estimate of drug-likeness (QED) is 0.747. The summed E-state index contributed by atoms with van der Waals surface area (Å²) in [4.78, 5) is 27.1. The second kappa shape index (κ2) is 5.18. The summed E-state index contributed by atoms with van der Waals surface area (Å²) in [6, 6.07) is 10.5. The third-order valence-corrected chi connectivity index (χ3v) is 4.72. The molecular formula is C18H14ClNO3. The van der Waals surface area contributed by atoms with Gasteiger partial charge in [0.05, 0.1) is 11.7 Å². The molecule has 116 valence electrons. The Bertz CT molecular complexity index is 846. The van der Waals surface area contributed by atoms with Gasteiger partial charge in [0.15, 0.2) is 5.78 Å². The van der Waals surface area contributed by atoms with Crippen molar-refractivity contribution < 1.29 is 14.7 Å². The highest BCUT2D eigenvalue weighted by atomic mass is 35.5. The summed E-state index contributed by atoms with van der Waals surface area (Å²) in [5, 5.41) is 10.1. The number of nitrogens with zero attached hydrogens (tertiary/aromatic N) is 1. The lowest BCUT2D eigenvalue weighted by Gasteiger charge is -2.17. The highest BCUT2D eigenvalue weighted by Gasteiger charge is 2.34. The zero-order chi connectivity index (χ0) is 16.1. The van der Waals surface area contributed by atoms with Crippen LogP contribution in [-0.4, -0.2) is 40.9 Å². The molecule has 1 atom stereocenters. The molecule has 1 aliphatic carbocycles. The van der Waals surface area contributed by atoms with Crippen LogP contribution in [0.2, 0.25) is 5.02 Å². The van der Waals surface area contributed by atoms with Crippen molar-refractivity contribution >= 4 is 23.3 Å². The molecule has 1 N–H and O–H groups in total. The molecule has 23 heavy (non-hydrogen) atoms. The third-order valence-electron chi connectivity index (χ3n) is 4.49. The van der Waals surface area contributed by atoms with Crippen LogP contribution in [0.5, 0.6) is 0 Å². The summed E-state index contributed by atoms with van der Waals surface area (Å²) in [6.07, 6.45) is 0.0901. The second-order valence-corrected chi connectivity index (χ2v) is 6.38. The third kappa shape index (κ3) is 2.18. The monoisotopic (exact) mass is 327 g/mol. The summed E-state index contributed by atoms with van der Waals surface area (Å²) in [6.45, 7) is 0.825. The van der Waals surface area contributed by atoms with E-state index in [4.69, 9.17) is 11.6 Å². The summed E-state index contributed by atoms with van der Waals surface area (Å²) in [5.74, 6) is -0.369. The molecule has 5 heteroatoms. The van der Waals surface area contributed by atoms with Crippen molar-refractivity contribution in [3.05, 3.63) is 58.1 Å². The predicted octanol–water partition coefficient (Wildman–Crippen LogP) is 2.76. The molecule has 2 aromatic carbocycles. The molecule has 0 spiro atoms. The van der Waals surface area contributed by atoms with E-state index in [1.54, 1.807) is 29.2 Å². The first-order chi connectivity index (χ1) is 11.1. The van der Waals surface area contributed by atoms with E-state index in [1.807, 2.05) is 12.1 Å². The molecule has 0 saturated carbocycles. The van der Waals surface area contributed by atoms with Crippen molar-refractivity contribution in [2.24, 2.45) is 0 Å². The highest BCUT2D eigenvalue weighted by molar-refractivity contribution is 6.32. The zero-order valence-electron chi connectivity index (χ0n) is 12.3. The van der Waals surface area contributed by atoms with Gasteiger partial charge in [-0.3, -0.25) is 9.59 Å². The van der Waals surface area contributed by atoms with Crippen molar-refractivity contribution in [1.82, 2.24) is 4.90 Å². The maximum Gasteiger partial charge on any atom is 0.254 e. The van der Waals surface area contributed by atoms with E-state index in [0.717, 1.165) is 11.1 Å². The number of carbonyl (C=O) groups excluding carboxylic acids is 2. The Hall–Kier alpha value is -2.17. The molecule has 0 radical (unpaired) electrons. The molecule has 1 saturated heterocycles. The molecule has 1 aliphatic heterocycles. The maximum absolute atomic E-state index is 12.8. The normalized spacial score (nSPS) is 19.0. The van der Waals surface area contributed by atoms with Crippen LogP contribution in [0.25, 0.3) is 11.1 Å². The average Bonchev–Trinajstić information content (AvgIpc) is 3.09. The van der Waals surface area contributed by atoms with E-state index in [2.05, 4.69) is 0 Å². The first kappa shape index (κ1) is 14.4. The topological polar surface area (TPSA) is 57.6 Å². The van der Waals surface area contributed by atoms with Crippen molar-refractivity contribution in [2.45, 2.75) is 12.5 Å². The molecule has 2 aliphatic rings. The number of hydrogen-bond donors (Lipinski definition) is 1. The first-order valence-corrected chi connectivity index (χ1v) is 7.89. The minimum atomic E-state index is -0.484. The van der Waals surface area contributed by atoms with E-state index in [0.29, 0.717) is 41.2 Å². The number of halogens is 1. The number of rotatable bonds is 1. The number of amides is 1. The Morgan fingerprint density at radius 1 is 1.17 bits per heavy atom. The van der Waals surface area contributed by atoms with Gasteiger partial charge < -0.3 is 10.0 Å². The lowest BCUT2D eigenvalue weighted by molar-refractivity contribution is 0.0761. The standard InChI is InChI=1S/C18H14ClNO3/c19-10-4-5-12-13-2-1-3-14(16(13)17(22)15(12)8-10)18(23)20-7-6-11(21)9-20/h1-5,8,11,21H,6-7,9H2. The SMILES string of the molecule is O=C1c2cc(Cl)ccc2-c2cccc(C(=O)N3CCC(O)C3)c21. The molecule has 1 fully saturated rings. The summed E-state index contributed by atoms with van der Waals surface area (Å²) < 4.78 is 0. The van der Waals surface area contributed by atoms with Gasteiger partial charge in [0.25, 0.3) is 5.91 Å². The molecule has 2 aromatic rings. The lowest BCUT2D eigenvalue weighted by atomic mass is 10.00. The van der Waals surface area contributed by atoms with Gasteiger partial charge in [-0.05, 0) is 35.7 Å². The summed E-state index contributed by atoms with van der Waals surface area (Å²) in [5.41, 5.74) is 2.96. The Labute approximate surface area is 138 Å². The summed E-state index contributed by atoms with van der Waals surface area (Å²) >= 11 is 6.00. The number of β-amino-alcohol motifs (C(OH)–C–C–N with tert-alkyl or cyclic N) is 1. The number of aliphatic hydroxyl groups is 1. The number of carbonyl (C=O) groups is 2. The van der Waals surface area contributed by atoms with Crippen LogP contribution >= 0.6 is 11.6 Å². The number of likely N-dealkylation sites (tertiary alicyclic amines) is 1. The smallest absolute Gasteiger partial charge is 0.254 e. The van der Waals surface area contributed by atoms with Crippen LogP contribution in [-0.2, 0) is 0 Å². The number of aliphatic hydroxyl groups excluding tert-OH is 1. The number of fused-ring (bicyclic) bond motifs is 3. The fraction of sp³-hybridized carbons (Fsp3) is 0.222. The molecule has 0 bridgehead atoms. The van der Waals surface area contributed by atoms with Gasteiger partial charge in [-0.2, -0.15) is 0 Å². The van der Waals surface area contributed by atoms with Gasteiger partial charge in [0, 0.05) is 29.2 Å². The highest BCUT2D eigenvalue weighted by Crippen LogP contribution is 2.39. The fourth-order valence-electron chi connectivity index (χ4n) is 3.37. The van der Waals surface area contributed by atoms with E-state index in [9.17, 15) is 14.7 Å². The van der Waals surface area contributed by atoms with Gasteiger partial charge >= 0.3 is 0 Å². The van der Waals surface area contributed by atoms with E-state index < -0.39 is 6.10 Å². The van der Waals surface area contributed by atoms with E-state index in [-0.39, 0.29) is 11.7 Å². The Morgan fingerprint density at radius 3 is 2.74 bits per heavy atom. The van der Waals surface area contributed by atoms with Crippen molar-refractivity contribution in [2.75, 3.05) is 13.1 Å². The molecule has 4 nitrogen and oxygen atoms in total. The van der Waals surface area contributed by atoms with Crippen molar-refractivity contribution in [3.63, 3.8) is 0 Å². The first-order valence-electron chi connectivity index (χ1n) is 7.51. The number of ketones is 1. The predicted molar refractivity (Wildman–Crippen MR) is 86.8 cm³/mol. The number of benzene rings is 2. The fourth-order valence-corrected chi connectivity index (χ4v) is 3.54. The molecule has 1 heterocycles. The summed E-state index contributed by atoms with van der Waals surface area (Å²) in [7, 11) is 0. The van der Waals surface area contributed by atoms with Crippen LogP contribution in [0.15, 0.2) is 36.4 Å². The molecule has 0 aromatic heterocycles. The molecular weight excluding hydrogens is 314 g/mol. The van der Waals surface area contributed by atoms with Crippen LogP contribution < -0.4 is 0 Å². The van der Waals surface area contributed by atoms with Gasteiger partial charge in [0.1, 0.15) is 0 Å². The van der Waals surface area contributed by atoms with Gasteiger partial charge in [-0.25, -0.2) is 0 Å². The van der Waals surface area contributed by atoms with Crippen LogP contribution in [0, 0.1) is 0 Å². The van der Waals surface area contributed by atoms with Gasteiger partial charge in [-0.15, -0.1) is 0 Å². The Morgan fingerprint density at radius 2 is 2.00 bits per heavy atom. The lowest BCUT2D eigenvalue weighted by Crippen LogP contribution is -2.30. The minimum absolute atomic E-state index is 0.166. The van der Waals surface area contributed by atoms with Crippen molar-refractivity contribution in [1.29, 1.82) is 0 Å². The van der Waals surface area contributed by atoms with E-state index in [1.165, 1.54) is 0 Å². The van der Waals surface area contributed by atoms with Crippen LogP contribution in [0.4, 0.5) is 0 Å². The maximum atomic E-state index is 12.8. The largest absolute Gasteiger partial charge is 0.391 e. The minimum Gasteiger partial charge on any atom is -0.391 e. The average molecular weight is 328 g/mol. The molecule has 1 amide bonds. The van der Waals surface area contributed by atoms with Crippen LogP contribution in [0.3, 0.4) is 0 Å². The second-order valence-electron chi connectivity index (χ2n) is 5.94. The zero-order valence-corrected chi connectivity index (χ0v) is 13.0. The molecule has 4 rings (SSSR count). The molecule has 1 unspecified atom stereocenters. The number of hydrogen-bond acceptors (Lipinski definition) is 3. The van der Waals surface area contributed by atoms with Gasteiger partial charge in [-0.1, -0.05) is 29.8 Å².